The molecule has 3 atom stereocenters. The quantitative estimate of drug-likeness (QED) is 0.333. The summed E-state index contributed by atoms with van der Waals surface area (Å²) in [6.07, 6.45) is -8.65. The highest BCUT2D eigenvalue weighted by Crippen LogP contribution is 2.41. The van der Waals surface area contributed by atoms with E-state index in [1.807, 2.05) is 0 Å². The van der Waals surface area contributed by atoms with Crippen molar-refractivity contribution in [3.63, 3.8) is 0 Å². The number of hydrogen-bond acceptors (Lipinski definition) is 4. The third-order valence-electron chi connectivity index (χ3n) is 9.03. The van der Waals surface area contributed by atoms with Gasteiger partial charge in [0.25, 0.3) is 0 Å². The first-order valence-electron chi connectivity index (χ1n) is 14.4. The van der Waals surface area contributed by atoms with Crippen LogP contribution in [-0.2, 0) is 21.9 Å². The lowest BCUT2D eigenvalue weighted by Crippen LogP contribution is -2.52. The van der Waals surface area contributed by atoms with Crippen LogP contribution < -0.4 is 0 Å². The van der Waals surface area contributed by atoms with Gasteiger partial charge in [-0.1, -0.05) is 6.07 Å². The molecule has 2 fully saturated rings. The molecule has 0 aromatic heterocycles. The van der Waals surface area contributed by atoms with Gasteiger partial charge < -0.3 is 14.5 Å². The number of ether oxygens (including phenoxy) is 1. The molecule has 242 valence electrons. The predicted octanol–water partition coefficient (Wildman–Crippen LogP) is 7.03. The van der Waals surface area contributed by atoms with Gasteiger partial charge in [-0.2, -0.15) is 26.3 Å². The zero-order valence-corrected chi connectivity index (χ0v) is 24.9. The van der Waals surface area contributed by atoms with Crippen LogP contribution in [0.15, 0.2) is 36.4 Å². The number of carbonyl (C=O) groups is 2. The van der Waals surface area contributed by atoms with Gasteiger partial charge >= 0.3 is 18.4 Å². The molecule has 13 heteroatoms. The number of hydrogen-bond donors (Lipinski definition) is 0. The lowest BCUT2D eigenvalue weighted by atomic mass is 9.77. The minimum atomic E-state index is -5.01. The largest absolute Gasteiger partial charge is 0.453 e. The number of aryl methyl sites for hydroxylation is 1. The summed E-state index contributed by atoms with van der Waals surface area (Å²) >= 11 is 0. The number of halogens is 7. The van der Waals surface area contributed by atoms with Crippen LogP contribution in [0.2, 0.25) is 0 Å². The molecule has 44 heavy (non-hydrogen) atoms. The van der Waals surface area contributed by atoms with E-state index >= 15 is 0 Å². The minimum absolute atomic E-state index is 0.0662. The zero-order valence-electron chi connectivity index (χ0n) is 24.9. The predicted molar refractivity (Wildman–Crippen MR) is 148 cm³/mol. The molecule has 2 aromatic carbocycles. The minimum Gasteiger partial charge on any atom is -0.453 e. The molecule has 0 spiro atoms. The van der Waals surface area contributed by atoms with E-state index in [2.05, 4.69) is 4.90 Å². The second-order valence-corrected chi connectivity index (χ2v) is 11.7. The maximum Gasteiger partial charge on any atom is 0.416 e. The van der Waals surface area contributed by atoms with Crippen molar-refractivity contribution in [2.75, 3.05) is 40.3 Å². The molecule has 0 aliphatic carbocycles. The highest BCUT2D eigenvalue weighted by molar-refractivity contribution is 5.80. The maximum atomic E-state index is 14.0. The number of methoxy groups -OCH3 is 1. The fraction of sp³-hybridized carbons (Fsp3) is 0.548. The first-order chi connectivity index (χ1) is 20.5. The molecule has 2 aliphatic rings. The molecule has 0 bridgehead atoms. The lowest BCUT2D eigenvalue weighted by molar-refractivity contribution is -0.143. The first-order valence-corrected chi connectivity index (χ1v) is 14.4. The summed E-state index contributed by atoms with van der Waals surface area (Å²) in [5.74, 6) is -1.91. The topological polar surface area (TPSA) is 53.1 Å². The number of rotatable bonds is 5. The molecule has 2 aromatic rings. The zero-order chi connectivity index (χ0) is 32.6. The van der Waals surface area contributed by atoms with Crippen molar-refractivity contribution in [1.29, 1.82) is 0 Å². The van der Waals surface area contributed by atoms with Gasteiger partial charge in [0.1, 0.15) is 5.82 Å². The van der Waals surface area contributed by atoms with Crippen LogP contribution in [0.1, 0.15) is 66.0 Å². The van der Waals surface area contributed by atoms with Gasteiger partial charge in [0.15, 0.2) is 0 Å². The van der Waals surface area contributed by atoms with E-state index in [4.69, 9.17) is 4.74 Å². The Hall–Kier alpha value is -3.35. The maximum absolute atomic E-state index is 14.0. The molecule has 2 aliphatic heterocycles. The SMILES string of the molecule is COC(=O)N1CCC(N2CC[C@H](C(=O)N(C)[C@@H](C)c3cc(C(F)(F)F)cc(C(F)(F)F)c3)[C@@H](c3ccc(F)cc3C)C2)CC1. The van der Waals surface area contributed by atoms with Crippen LogP contribution in [0.25, 0.3) is 0 Å². The lowest BCUT2D eigenvalue weighted by Gasteiger charge is -2.45. The molecule has 4 rings (SSSR count). The average molecular weight is 632 g/mol. The Bertz CT molecular complexity index is 1320. The summed E-state index contributed by atoms with van der Waals surface area (Å²) in [6.45, 7) is 5.12. The third-order valence-corrected chi connectivity index (χ3v) is 9.03. The Kier molecular flexibility index (Phi) is 9.87. The van der Waals surface area contributed by atoms with Crippen molar-refractivity contribution in [1.82, 2.24) is 14.7 Å². The normalized spacial score (nSPS) is 21.2. The van der Waals surface area contributed by atoms with Gasteiger partial charge in [-0.25, -0.2) is 9.18 Å². The van der Waals surface area contributed by atoms with E-state index in [0.717, 1.165) is 5.56 Å². The van der Waals surface area contributed by atoms with Crippen molar-refractivity contribution < 1.29 is 45.1 Å². The van der Waals surface area contributed by atoms with Gasteiger partial charge in [0.05, 0.1) is 24.3 Å². The molecule has 0 radical (unpaired) electrons. The molecule has 0 N–H and O–H groups in total. The smallest absolute Gasteiger partial charge is 0.416 e. The van der Waals surface area contributed by atoms with Gasteiger partial charge in [-0.15, -0.1) is 0 Å². The monoisotopic (exact) mass is 631 g/mol. The van der Waals surface area contributed by atoms with E-state index in [1.54, 1.807) is 17.9 Å². The molecular formula is C31H36F7N3O3. The van der Waals surface area contributed by atoms with E-state index < -0.39 is 59.2 Å². The first kappa shape index (κ1) is 33.5. The molecule has 2 saturated heterocycles. The molecule has 0 saturated carbocycles. The molecule has 2 heterocycles. The summed E-state index contributed by atoms with van der Waals surface area (Å²) in [7, 11) is 2.70. The molecule has 2 amide bonds. The van der Waals surface area contributed by atoms with Crippen LogP contribution in [0.5, 0.6) is 0 Å². The van der Waals surface area contributed by atoms with E-state index in [0.29, 0.717) is 63.1 Å². The van der Waals surface area contributed by atoms with Gasteiger partial charge in [-0.3, -0.25) is 9.69 Å². The second kappa shape index (κ2) is 12.9. The van der Waals surface area contributed by atoms with Crippen LogP contribution >= 0.6 is 0 Å². The van der Waals surface area contributed by atoms with Crippen molar-refractivity contribution in [3.05, 3.63) is 70.0 Å². The summed E-state index contributed by atoms with van der Waals surface area (Å²) in [5, 5.41) is 0. The standard InChI is InChI=1S/C31H36F7N3O3/c1-18-13-23(32)5-6-25(18)27-17-41(24-7-10-40(11-8-24)29(43)44-4)12-9-26(27)28(42)39(3)19(2)20-14-21(30(33,34)35)16-22(15-20)31(36,37)38/h5-6,13-16,19,24,26-27H,7-12,17H2,1-4H3/t19-,26-,27+/m0/s1. The number of piperidine rings is 2. The molecule has 0 unspecified atom stereocenters. The molecular weight excluding hydrogens is 595 g/mol. The Balaban J connectivity index is 1.61. The fourth-order valence-electron chi connectivity index (χ4n) is 6.41. The van der Waals surface area contributed by atoms with Gasteiger partial charge in [0.2, 0.25) is 5.91 Å². The Morgan fingerprint density at radius 1 is 0.932 bits per heavy atom. The van der Waals surface area contributed by atoms with Crippen LogP contribution in [0.3, 0.4) is 0 Å². The Labute approximate surface area is 251 Å². The van der Waals surface area contributed by atoms with Crippen molar-refractivity contribution in [3.8, 4) is 0 Å². The number of carbonyl (C=O) groups excluding carboxylic acids is 2. The highest BCUT2D eigenvalue weighted by atomic mass is 19.4. The third kappa shape index (κ3) is 7.30. The summed E-state index contributed by atoms with van der Waals surface area (Å²) < 4.78 is 100.0. The average Bonchev–Trinajstić information content (AvgIpc) is 2.98. The Morgan fingerprint density at radius 2 is 1.52 bits per heavy atom. The summed E-state index contributed by atoms with van der Waals surface area (Å²) in [4.78, 5) is 31.0. The van der Waals surface area contributed by atoms with Crippen LogP contribution in [-0.4, -0.2) is 73.1 Å². The number of alkyl halides is 6. The van der Waals surface area contributed by atoms with E-state index in [-0.39, 0.29) is 17.7 Å². The van der Waals surface area contributed by atoms with Crippen molar-refractivity contribution in [2.24, 2.45) is 5.92 Å². The van der Waals surface area contributed by atoms with Crippen molar-refractivity contribution in [2.45, 2.75) is 63.5 Å². The summed E-state index contributed by atoms with van der Waals surface area (Å²) in [6, 6.07) is 4.70. The van der Waals surface area contributed by atoms with E-state index in [9.17, 15) is 40.3 Å². The second-order valence-electron chi connectivity index (χ2n) is 11.7. The van der Waals surface area contributed by atoms with Crippen LogP contribution in [0.4, 0.5) is 35.5 Å². The fourth-order valence-corrected chi connectivity index (χ4v) is 6.41. The number of nitrogens with zero attached hydrogens (tertiary/aromatic N) is 3. The Morgan fingerprint density at radius 3 is 2.05 bits per heavy atom. The number of likely N-dealkylation sites (tertiary alicyclic amines) is 2. The highest BCUT2D eigenvalue weighted by Gasteiger charge is 2.42. The molecule has 6 nitrogen and oxygen atoms in total. The number of amides is 2. The van der Waals surface area contributed by atoms with Crippen LogP contribution in [0, 0.1) is 18.7 Å². The van der Waals surface area contributed by atoms with Gasteiger partial charge in [0, 0.05) is 44.6 Å². The summed E-state index contributed by atoms with van der Waals surface area (Å²) in [5.41, 5.74) is -1.78. The van der Waals surface area contributed by atoms with Gasteiger partial charge in [-0.05, 0) is 86.7 Å². The van der Waals surface area contributed by atoms with E-state index in [1.165, 1.54) is 38.1 Å². The van der Waals surface area contributed by atoms with Crippen molar-refractivity contribution >= 4 is 12.0 Å². The number of benzene rings is 2.